The highest BCUT2D eigenvalue weighted by Gasteiger charge is 2.13. The number of aliphatic hydroxyl groups is 1. The number of rotatable bonds is 8. The van der Waals surface area contributed by atoms with E-state index >= 15 is 0 Å². The number of hydrogen-bond donors (Lipinski definition) is 2. The van der Waals surface area contributed by atoms with Crippen LogP contribution in [0.4, 0.5) is 5.69 Å². The Kier molecular flexibility index (Phi) is 6.34. The fourth-order valence-corrected chi connectivity index (χ4v) is 2.72. The Bertz CT molecular complexity index is 948. The zero-order valence-corrected chi connectivity index (χ0v) is 15.9. The highest BCUT2D eigenvalue weighted by atomic mass is 16.5. The van der Waals surface area contributed by atoms with E-state index in [0.717, 1.165) is 12.0 Å². The van der Waals surface area contributed by atoms with Gasteiger partial charge in [0.25, 0.3) is 5.91 Å². The Morgan fingerprint density at radius 2 is 2.00 bits per heavy atom. The second-order valence-electron chi connectivity index (χ2n) is 6.17. The summed E-state index contributed by atoms with van der Waals surface area (Å²) in [6.45, 7) is 2.45. The molecule has 0 radical (unpaired) electrons. The van der Waals surface area contributed by atoms with Gasteiger partial charge in [-0.05, 0) is 55.0 Å². The molecule has 0 aliphatic rings. The molecule has 0 atom stereocenters. The molecule has 0 unspecified atom stereocenters. The Labute approximate surface area is 163 Å². The number of aliphatic hydroxyl groups excluding tert-OH is 1. The largest absolute Gasteiger partial charge is 0.495 e. The molecule has 0 fully saturated rings. The number of carbonyl (C=O) groups excluding carboxylic acids is 1. The topological polar surface area (TPSA) is 80.9 Å². The van der Waals surface area contributed by atoms with Gasteiger partial charge < -0.3 is 24.3 Å². The zero-order chi connectivity index (χ0) is 19.9. The third-order valence-corrected chi connectivity index (χ3v) is 4.12. The quantitative estimate of drug-likeness (QED) is 0.601. The molecule has 28 heavy (non-hydrogen) atoms. The predicted molar refractivity (Wildman–Crippen MR) is 107 cm³/mol. The number of benzene rings is 2. The standard InChI is InChI=1S/C22H23NO5/c1-3-11-27-17-6-4-5-16(12-17)22(25)23-19-13-15(7-9-21(19)26-2)20-10-8-18(14-24)28-20/h4-10,12-13,24H,3,11,14H2,1-2H3,(H,23,25). The lowest BCUT2D eigenvalue weighted by Gasteiger charge is -2.12. The van der Waals surface area contributed by atoms with E-state index in [2.05, 4.69) is 5.32 Å². The molecule has 6 heteroatoms. The van der Waals surface area contributed by atoms with E-state index in [1.807, 2.05) is 19.1 Å². The van der Waals surface area contributed by atoms with Crippen LogP contribution in [0.15, 0.2) is 59.0 Å². The van der Waals surface area contributed by atoms with Crippen molar-refractivity contribution in [2.75, 3.05) is 19.0 Å². The molecule has 146 valence electrons. The SMILES string of the molecule is CCCOc1cccc(C(=O)Nc2cc(-c3ccc(CO)o3)ccc2OC)c1. The fourth-order valence-electron chi connectivity index (χ4n) is 2.72. The van der Waals surface area contributed by atoms with Crippen molar-refractivity contribution in [1.29, 1.82) is 0 Å². The van der Waals surface area contributed by atoms with Crippen LogP contribution in [-0.2, 0) is 6.61 Å². The van der Waals surface area contributed by atoms with Crippen molar-refractivity contribution >= 4 is 11.6 Å². The molecule has 1 amide bonds. The maximum absolute atomic E-state index is 12.7. The van der Waals surface area contributed by atoms with E-state index in [9.17, 15) is 9.90 Å². The first-order valence-corrected chi connectivity index (χ1v) is 9.06. The molecular formula is C22H23NO5. The first-order valence-electron chi connectivity index (χ1n) is 9.06. The average Bonchev–Trinajstić information content (AvgIpc) is 3.21. The summed E-state index contributed by atoms with van der Waals surface area (Å²) < 4.78 is 16.5. The molecule has 2 N–H and O–H groups in total. The molecule has 0 bridgehead atoms. The van der Waals surface area contributed by atoms with Crippen LogP contribution in [0.25, 0.3) is 11.3 Å². The maximum Gasteiger partial charge on any atom is 0.255 e. The smallest absolute Gasteiger partial charge is 0.255 e. The molecule has 0 aliphatic carbocycles. The van der Waals surface area contributed by atoms with Gasteiger partial charge in [0, 0.05) is 11.1 Å². The van der Waals surface area contributed by atoms with Gasteiger partial charge in [-0.25, -0.2) is 0 Å². The van der Waals surface area contributed by atoms with Gasteiger partial charge in [-0.1, -0.05) is 13.0 Å². The Balaban J connectivity index is 1.84. The number of ether oxygens (including phenoxy) is 2. The summed E-state index contributed by atoms with van der Waals surface area (Å²) >= 11 is 0. The number of hydrogen-bond acceptors (Lipinski definition) is 5. The van der Waals surface area contributed by atoms with Gasteiger partial charge >= 0.3 is 0 Å². The molecule has 0 spiro atoms. The summed E-state index contributed by atoms with van der Waals surface area (Å²) in [6, 6.07) is 15.9. The van der Waals surface area contributed by atoms with Crippen molar-refractivity contribution in [1.82, 2.24) is 0 Å². The number of carbonyl (C=O) groups is 1. The maximum atomic E-state index is 12.7. The lowest BCUT2D eigenvalue weighted by Crippen LogP contribution is -2.13. The van der Waals surface area contributed by atoms with Crippen LogP contribution in [0.5, 0.6) is 11.5 Å². The van der Waals surface area contributed by atoms with Gasteiger partial charge in [0.1, 0.15) is 29.6 Å². The van der Waals surface area contributed by atoms with Crippen LogP contribution in [-0.4, -0.2) is 24.7 Å². The second kappa shape index (κ2) is 9.10. The van der Waals surface area contributed by atoms with Gasteiger partial charge in [-0.2, -0.15) is 0 Å². The molecule has 1 aromatic heterocycles. The third kappa shape index (κ3) is 4.53. The van der Waals surface area contributed by atoms with Crippen LogP contribution in [0.2, 0.25) is 0 Å². The summed E-state index contributed by atoms with van der Waals surface area (Å²) in [6.07, 6.45) is 0.894. The number of amides is 1. The molecular weight excluding hydrogens is 358 g/mol. The number of anilines is 1. The van der Waals surface area contributed by atoms with E-state index in [-0.39, 0.29) is 12.5 Å². The highest BCUT2D eigenvalue weighted by molar-refractivity contribution is 6.05. The van der Waals surface area contributed by atoms with Crippen LogP contribution < -0.4 is 14.8 Å². The van der Waals surface area contributed by atoms with Crippen molar-refractivity contribution in [3.8, 4) is 22.8 Å². The van der Waals surface area contributed by atoms with Gasteiger partial charge in [0.05, 0.1) is 19.4 Å². The molecule has 0 saturated heterocycles. The Hall–Kier alpha value is -3.25. The Morgan fingerprint density at radius 3 is 2.71 bits per heavy atom. The van der Waals surface area contributed by atoms with E-state index in [1.165, 1.54) is 0 Å². The molecule has 0 saturated carbocycles. The number of methoxy groups -OCH3 is 1. The van der Waals surface area contributed by atoms with Gasteiger partial charge in [-0.3, -0.25) is 4.79 Å². The molecule has 6 nitrogen and oxygen atoms in total. The minimum Gasteiger partial charge on any atom is -0.495 e. The minimum absolute atomic E-state index is 0.170. The summed E-state index contributed by atoms with van der Waals surface area (Å²) in [5.74, 6) is 1.98. The molecule has 2 aromatic carbocycles. The van der Waals surface area contributed by atoms with E-state index in [0.29, 0.717) is 40.9 Å². The fraction of sp³-hybridized carbons (Fsp3) is 0.227. The normalized spacial score (nSPS) is 10.5. The van der Waals surface area contributed by atoms with E-state index < -0.39 is 0 Å². The summed E-state index contributed by atoms with van der Waals surface area (Å²) in [4.78, 5) is 12.7. The first-order chi connectivity index (χ1) is 13.6. The third-order valence-electron chi connectivity index (χ3n) is 4.12. The second-order valence-corrected chi connectivity index (χ2v) is 6.17. The predicted octanol–water partition coefficient (Wildman–Crippen LogP) is 4.49. The Morgan fingerprint density at radius 1 is 1.14 bits per heavy atom. The molecule has 3 aromatic rings. The van der Waals surface area contributed by atoms with Crippen molar-refractivity contribution in [3.63, 3.8) is 0 Å². The lowest BCUT2D eigenvalue weighted by molar-refractivity contribution is 0.102. The number of furan rings is 1. The van der Waals surface area contributed by atoms with Crippen LogP contribution >= 0.6 is 0 Å². The summed E-state index contributed by atoms with van der Waals surface area (Å²) in [5, 5.41) is 12.1. The zero-order valence-electron chi connectivity index (χ0n) is 15.9. The molecule has 3 rings (SSSR count). The van der Waals surface area contributed by atoms with Crippen molar-refractivity contribution in [2.45, 2.75) is 20.0 Å². The van der Waals surface area contributed by atoms with Gasteiger partial charge in [-0.15, -0.1) is 0 Å². The van der Waals surface area contributed by atoms with Gasteiger partial charge in [0.2, 0.25) is 0 Å². The highest BCUT2D eigenvalue weighted by Crippen LogP contribution is 2.32. The molecule has 0 aliphatic heterocycles. The van der Waals surface area contributed by atoms with Crippen LogP contribution in [0.3, 0.4) is 0 Å². The number of nitrogens with one attached hydrogen (secondary N) is 1. The van der Waals surface area contributed by atoms with Gasteiger partial charge in [0.15, 0.2) is 0 Å². The average molecular weight is 381 g/mol. The van der Waals surface area contributed by atoms with Crippen LogP contribution in [0.1, 0.15) is 29.5 Å². The summed E-state index contributed by atoms with van der Waals surface area (Å²) in [7, 11) is 1.54. The van der Waals surface area contributed by atoms with Crippen LogP contribution in [0, 0.1) is 0 Å². The van der Waals surface area contributed by atoms with Crippen molar-refractivity contribution < 1.29 is 23.8 Å². The monoisotopic (exact) mass is 381 g/mol. The molecule has 1 heterocycles. The summed E-state index contributed by atoms with van der Waals surface area (Å²) in [5.41, 5.74) is 1.77. The van der Waals surface area contributed by atoms with Crippen molar-refractivity contribution in [2.24, 2.45) is 0 Å². The lowest BCUT2D eigenvalue weighted by atomic mass is 10.1. The van der Waals surface area contributed by atoms with E-state index in [4.69, 9.17) is 13.9 Å². The van der Waals surface area contributed by atoms with Crippen molar-refractivity contribution in [3.05, 3.63) is 65.9 Å². The minimum atomic E-state index is -0.270. The van der Waals surface area contributed by atoms with E-state index in [1.54, 1.807) is 49.6 Å². The first kappa shape index (κ1) is 19.5.